The topological polar surface area (TPSA) is 94.2 Å². The van der Waals surface area contributed by atoms with Gasteiger partial charge in [0.15, 0.2) is 11.5 Å². The maximum absolute atomic E-state index is 13.2. The quantitative estimate of drug-likeness (QED) is 0.643. The third-order valence-corrected chi connectivity index (χ3v) is 5.60. The molecule has 30 heavy (non-hydrogen) atoms. The van der Waals surface area contributed by atoms with Gasteiger partial charge in [0.25, 0.3) is 0 Å². The predicted octanol–water partition coefficient (Wildman–Crippen LogP) is 2.32. The molecule has 10 heteroatoms. The summed E-state index contributed by atoms with van der Waals surface area (Å²) in [5.74, 6) is 0.240. The summed E-state index contributed by atoms with van der Waals surface area (Å²) in [5.41, 5.74) is 0.854. The number of carbonyl (C=O) groups is 1. The molecule has 0 unspecified atom stereocenters. The molecule has 1 N–H and O–H groups in total. The molecule has 0 aliphatic carbocycles. The Bertz CT molecular complexity index is 970. The second-order valence-corrected chi connectivity index (χ2v) is 8.32. The highest BCUT2D eigenvalue weighted by Gasteiger charge is 2.29. The van der Waals surface area contributed by atoms with Crippen LogP contribution in [0.2, 0.25) is 0 Å². The van der Waals surface area contributed by atoms with Crippen LogP contribution in [0.4, 0.5) is 10.1 Å². The fourth-order valence-corrected chi connectivity index (χ4v) is 4.15. The fraction of sp³-hybridized carbons (Fsp3) is 0.350. The molecule has 0 radical (unpaired) electrons. The normalized spacial score (nSPS) is 12.1. The predicted molar refractivity (Wildman–Crippen MR) is 111 cm³/mol. The molecule has 0 bridgehead atoms. The molecule has 2 aromatic carbocycles. The molecular formula is C20H25FN2O6S. The van der Waals surface area contributed by atoms with Crippen LogP contribution in [0.1, 0.15) is 12.5 Å². The van der Waals surface area contributed by atoms with Crippen molar-refractivity contribution in [2.75, 3.05) is 31.9 Å². The monoisotopic (exact) mass is 440 g/mol. The van der Waals surface area contributed by atoms with Crippen molar-refractivity contribution in [3.8, 4) is 17.2 Å². The van der Waals surface area contributed by atoms with E-state index in [9.17, 15) is 17.6 Å². The molecule has 0 saturated carbocycles. The summed E-state index contributed by atoms with van der Waals surface area (Å²) in [6.45, 7) is 1.55. The van der Waals surface area contributed by atoms with Crippen molar-refractivity contribution in [2.24, 2.45) is 0 Å². The van der Waals surface area contributed by atoms with Crippen molar-refractivity contribution in [2.45, 2.75) is 19.5 Å². The minimum absolute atomic E-state index is 0.0981. The highest BCUT2D eigenvalue weighted by Crippen LogP contribution is 2.38. The van der Waals surface area contributed by atoms with Crippen molar-refractivity contribution < 1.29 is 31.8 Å². The molecule has 2 rings (SSSR count). The van der Waals surface area contributed by atoms with Crippen LogP contribution in [0, 0.1) is 5.82 Å². The van der Waals surface area contributed by atoms with E-state index in [2.05, 4.69) is 5.32 Å². The van der Waals surface area contributed by atoms with Gasteiger partial charge in [-0.15, -0.1) is 0 Å². The number of nitrogens with zero attached hydrogens (tertiary/aromatic N) is 1. The highest BCUT2D eigenvalue weighted by atomic mass is 32.2. The molecular weight excluding hydrogens is 415 g/mol. The summed E-state index contributed by atoms with van der Waals surface area (Å²) in [4.78, 5) is 12.7. The number of nitrogens with one attached hydrogen (secondary N) is 1. The van der Waals surface area contributed by atoms with Crippen LogP contribution >= 0.6 is 0 Å². The molecule has 164 valence electrons. The van der Waals surface area contributed by atoms with E-state index < -0.39 is 27.8 Å². The van der Waals surface area contributed by atoms with Crippen LogP contribution in [0.3, 0.4) is 0 Å². The van der Waals surface area contributed by atoms with Crippen molar-refractivity contribution in [3.63, 3.8) is 0 Å². The van der Waals surface area contributed by atoms with Gasteiger partial charge in [-0.05, 0) is 48.9 Å². The van der Waals surface area contributed by atoms with Crippen LogP contribution in [-0.2, 0) is 21.4 Å². The van der Waals surface area contributed by atoms with Crippen LogP contribution in [0.5, 0.6) is 17.2 Å². The molecule has 0 spiro atoms. The first-order valence-electron chi connectivity index (χ1n) is 8.94. The van der Waals surface area contributed by atoms with Crippen molar-refractivity contribution >= 4 is 21.6 Å². The lowest BCUT2D eigenvalue weighted by atomic mass is 10.1. The van der Waals surface area contributed by atoms with Crippen LogP contribution in [0.15, 0.2) is 36.4 Å². The molecule has 0 heterocycles. The number of amides is 1. The van der Waals surface area contributed by atoms with E-state index in [4.69, 9.17) is 14.2 Å². The number of carbonyl (C=O) groups excluding carboxylic acids is 1. The Hall–Kier alpha value is -3.01. The van der Waals surface area contributed by atoms with Gasteiger partial charge in [0.2, 0.25) is 21.7 Å². The van der Waals surface area contributed by atoms with Gasteiger partial charge in [0.1, 0.15) is 11.9 Å². The summed E-state index contributed by atoms with van der Waals surface area (Å²) in [7, 11) is 0.651. The average Bonchev–Trinajstić information content (AvgIpc) is 2.71. The van der Waals surface area contributed by atoms with E-state index in [0.717, 1.165) is 22.7 Å². The number of hydrogen-bond donors (Lipinski definition) is 1. The Kier molecular flexibility index (Phi) is 7.49. The Morgan fingerprint density at radius 2 is 1.60 bits per heavy atom. The van der Waals surface area contributed by atoms with E-state index in [1.54, 1.807) is 12.1 Å². The Morgan fingerprint density at radius 3 is 2.03 bits per heavy atom. The van der Waals surface area contributed by atoms with Crippen LogP contribution in [-0.4, -0.2) is 48.0 Å². The highest BCUT2D eigenvalue weighted by molar-refractivity contribution is 7.92. The van der Waals surface area contributed by atoms with Gasteiger partial charge in [-0.25, -0.2) is 12.8 Å². The third-order valence-electron chi connectivity index (χ3n) is 4.36. The molecule has 0 saturated heterocycles. The van der Waals surface area contributed by atoms with Gasteiger partial charge in [0.05, 0.1) is 33.3 Å². The van der Waals surface area contributed by atoms with E-state index in [-0.39, 0.29) is 12.2 Å². The van der Waals surface area contributed by atoms with Crippen molar-refractivity contribution in [1.29, 1.82) is 0 Å². The van der Waals surface area contributed by atoms with Gasteiger partial charge in [0, 0.05) is 6.54 Å². The molecule has 0 fully saturated rings. The lowest BCUT2D eigenvalue weighted by molar-refractivity contribution is -0.122. The standard InChI is InChI=1S/C20H25FN2O6S/c1-13(23(30(5,25)26)16-8-6-15(21)7-9-16)20(24)22-12-14-10-17(27-2)19(29-4)18(11-14)28-3/h6-11,13H,12H2,1-5H3,(H,22,24)/t13-/m0/s1. The molecule has 1 amide bonds. The average molecular weight is 440 g/mol. The Balaban J connectivity index is 2.23. The molecule has 0 aromatic heterocycles. The maximum atomic E-state index is 13.2. The first kappa shape index (κ1) is 23.3. The third kappa shape index (κ3) is 5.32. The first-order chi connectivity index (χ1) is 14.1. The van der Waals surface area contributed by atoms with Gasteiger partial charge in [-0.3, -0.25) is 9.10 Å². The number of anilines is 1. The van der Waals surface area contributed by atoms with Crippen LogP contribution < -0.4 is 23.8 Å². The summed E-state index contributed by atoms with van der Waals surface area (Å²) >= 11 is 0. The van der Waals surface area contributed by atoms with Gasteiger partial charge in [-0.1, -0.05) is 0 Å². The second kappa shape index (κ2) is 9.66. The summed E-state index contributed by atoms with van der Waals surface area (Å²) < 4.78 is 54.6. The number of hydrogen-bond acceptors (Lipinski definition) is 6. The summed E-state index contributed by atoms with van der Waals surface area (Å²) in [6, 6.07) is 7.18. The number of ether oxygens (including phenoxy) is 3. The molecule has 0 aliphatic rings. The number of halogens is 1. The lowest BCUT2D eigenvalue weighted by Gasteiger charge is -2.28. The summed E-state index contributed by atoms with van der Waals surface area (Å²) in [6.07, 6.45) is 0.985. The molecule has 8 nitrogen and oxygen atoms in total. The Labute approximate surface area is 175 Å². The van der Waals surface area contributed by atoms with Crippen molar-refractivity contribution in [3.05, 3.63) is 47.8 Å². The molecule has 0 aliphatic heterocycles. The lowest BCUT2D eigenvalue weighted by Crippen LogP contribution is -2.47. The minimum atomic E-state index is -3.79. The van der Waals surface area contributed by atoms with E-state index in [1.165, 1.54) is 40.4 Å². The van der Waals surface area contributed by atoms with E-state index in [1.807, 2.05) is 0 Å². The number of benzene rings is 2. The zero-order chi connectivity index (χ0) is 22.5. The van der Waals surface area contributed by atoms with Gasteiger partial charge < -0.3 is 19.5 Å². The van der Waals surface area contributed by atoms with Crippen molar-refractivity contribution in [1.82, 2.24) is 5.32 Å². The maximum Gasteiger partial charge on any atom is 0.243 e. The smallest absolute Gasteiger partial charge is 0.243 e. The van der Waals surface area contributed by atoms with E-state index >= 15 is 0 Å². The number of rotatable bonds is 9. The zero-order valence-corrected chi connectivity index (χ0v) is 18.2. The molecule has 2 aromatic rings. The minimum Gasteiger partial charge on any atom is -0.493 e. The zero-order valence-electron chi connectivity index (χ0n) is 17.4. The number of sulfonamides is 1. The number of methoxy groups -OCH3 is 3. The molecule has 1 atom stereocenters. The largest absolute Gasteiger partial charge is 0.493 e. The first-order valence-corrected chi connectivity index (χ1v) is 10.8. The Morgan fingerprint density at radius 1 is 1.07 bits per heavy atom. The van der Waals surface area contributed by atoms with Gasteiger partial charge in [-0.2, -0.15) is 0 Å². The second-order valence-electron chi connectivity index (χ2n) is 6.46. The fourth-order valence-electron chi connectivity index (χ4n) is 2.97. The summed E-state index contributed by atoms with van der Waals surface area (Å²) in [5, 5.41) is 2.70. The van der Waals surface area contributed by atoms with Crippen LogP contribution in [0.25, 0.3) is 0 Å². The SMILES string of the molecule is COc1cc(CNC(=O)[C@H](C)N(c2ccc(F)cc2)S(C)(=O)=O)cc(OC)c1OC. The van der Waals surface area contributed by atoms with E-state index in [0.29, 0.717) is 22.8 Å². The van der Waals surface area contributed by atoms with Gasteiger partial charge >= 0.3 is 0 Å².